The summed E-state index contributed by atoms with van der Waals surface area (Å²) in [7, 11) is -2.08. The van der Waals surface area contributed by atoms with Crippen LogP contribution in [-0.2, 0) is 30.9 Å². The van der Waals surface area contributed by atoms with Crippen molar-refractivity contribution in [1.29, 1.82) is 0 Å². The average molecular weight is 483 g/mol. The first-order valence-corrected chi connectivity index (χ1v) is 12.3. The molecule has 0 atom stereocenters. The lowest BCUT2D eigenvalue weighted by Gasteiger charge is -2.33. The Labute approximate surface area is 198 Å². The summed E-state index contributed by atoms with van der Waals surface area (Å²) in [5, 5.41) is 1.82. The van der Waals surface area contributed by atoms with Crippen molar-refractivity contribution in [2.24, 2.45) is 0 Å². The molecule has 1 fully saturated rings. The molecule has 1 saturated heterocycles. The van der Waals surface area contributed by atoms with Gasteiger partial charge in [-0.05, 0) is 40.6 Å². The Kier molecular flexibility index (Phi) is 7.26. The van der Waals surface area contributed by atoms with Gasteiger partial charge >= 0.3 is 5.97 Å². The second-order valence-electron chi connectivity index (χ2n) is 8.00. The smallest absolute Gasteiger partial charge is 0.338 e. The third-order valence-electron chi connectivity index (χ3n) is 5.78. The normalized spacial score (nSPS) is 14.8. The molecular weight excluding hydrogens is 456 g/mol. The summed E-state index contributed by atoms with van der Waals surface area (Å²) in [6.45, 7) is 0.863. The first-order valence-electron chi connectivity index (χ1n) is 10.9. The maximum absolute atomic E-state index is 13.1. The van der Waals surface area contributed by atoms with Crippen LogP contribution in [0.4, 0.5) is 0 Å². The van der Waals surface area contributed by atoms with Crippen molar-refractivity contribution in [1.82, 2.24) is 9.21 Å². The SMILES string of the molecule is COCc1ccc(C(=O)OCC(=O)N2CCN(S(=O)(=O)c3ccc4ccccc4c3)CC2)cc1. The fraction of sp³-hybridized carbons (Fsp3) is 0.280. The van der Waals surface area contributed by atoms with Gasteiger partial charge in [-0.2, -0.15) is 4.31 Å². The van der Waals surface area contributed by atoms with Crippen molar-refractivity contribution in [3.05, 3.63) is 77.9 Å². The molecule has 8 nitrogen and oxygen atoms in total. The van der Waals surface area contributed by atoms with Crippen LogP contribution in [0.15, 0.2) is 71.6 Å². The fourth-order valence-corrected chi connectivity index (χ4v) is 5.32. The van der Waals surface area contributed by atoms with Gasteiger partial charge in [-0.1, -0.05) is 42.5 Å². The third-order valence-corrected chi connectivity index (χ3v) is 7.67. The molecule has 1 amide bonds. The summed E-state index contributed by atoms with van der Waals surface area (Å²) in [6, 6.07) is 19.4. The van der Waals surface area contributed by atoms with Gasteiger partial charge in [0.1, 0.15) is 0 Å². The number of ether oxygens (including phenoxy) is 2. The molecule has 1 aliphatic heterocycles. The first kappa shape index (κ1) is 23.9. The molecule has 34 heavy (non-hydrogen) atoms. The number of sulfonamides is 1. The van der Waals surface area contributed by atoms with Crippen LogP contribution in [0.2, 0.25) is 0 Å². The molecule has 0 saturated carbocycles. The molecule has 0 unspecified atom stereocenters. The van der Waals surface area contributed by atoms with E-state index in [2.05, 4.69) is 0 Å². The number of hydrogen-bond donors (Lipinski definition) is 0. The van der Waals surface area contributed by atoms with Crippen molar-refractivity contribution >= 4 is 32.7 Å². The van der Waals surface area contributed by atoms with Crippen molar-refractivity contribution < 1.29 is 27.5 Å². The average Bonchev–Trinajstić information content (AvgIpc) is 2.87. The fourth-order valence-electron chi connectivity index (χ4n) is 3.86. The second-order valence-corrected chi connectivity index (χ2v) is 9.94. The van der Waals surface area contributed by atoms with Gasteiger partial charge in [-0.3, -0.25) is 4.79 Å². The van der Waals surface area contributed by atoms with Crippen molar-refractivity contribution in [3.63, 3.8) is 0 Å². The van der Waals surface area contributed by atoms with Gasteiger partial charge in [-0.25, -0.2) is 13.2 Å². The minimum absolute atomic E-state index is 0.176. The van der Waals surface area contributed by atoms with Gasteiger partial charge in [-0.15, -0.1) is 0 Å². The molecule has 3 aromatic rings. The zero-order chi connectivity index (χ0) is 24.1. The van der Waals surface area contributed by atoms with E-state index in [-0.39, 0.29) is 37.0 Å². The number of amides is 1. The van der Waals surface area contributed by atoms with Crippen LogP contribution in [0.1, 0.15) is 15.9 Å². The van der Waals surface area contributed by atoms with Crippen LogP contribution < -0.4 is 0 Å². The Morgan fingerprint density at radius 3 is 2.24 bits per heavy atom. The quantitative estimate of drug-likeness (QED) is 0.481. The standard InChI is InChI=1S/C25H26N2O6S/c1-32-17-19-6-8-21(9-7-19)25(29)33-18-24(28)26-12-14-27(15-13-26)34(30,31)23-11-10-20-4-2-3-5-22(20)16-23/h2-11,16H,12-15,17-18H2,1H3. The highest BCUT2D eigenvalue weighted by Crippen LogP contribution is 2.23. The van der Waals surface area contributed by atoms with E-state index in [1.807, 2.05) is 24.3 Å². The Hall–Kier alpha value is -3.27. The lowest BCUT2D eigenvalue weighted by atomic mass is 10.1. The molecule has 0 spiro atoms. The molecule has 4 rings (SSSR count). The minimum Gasteiger partial charge on any atom is -0.452 e. The molecule has 1 heterocycles. The zero-order valence-electron chi connectivity index (χ0n) is 18.8. The molecule has 178 valence electrons. The molecule has 0 radical (unpaired) electrons. The third kappa shape index (κ3) is 5.27. The molecule has 0 aromatic heterocycles. The van der Waals surface area contributed by atoms with E-state index >= 15 is 0 Å². The highest BCUT2D eigenvalue weighted by atomic mass is 32.2. The van der Waals surface area contributed by atoms with E-state index in [4.69, 9.17) is 9.47 Å². The molecule has 1 aliphatic rings. The Morgan fingerprint density at radius 1 is 0.882 bits per heavy atom. The number of hydrogen-bond acceptors (Lipinski definition) is 6. The molecule has 9 heteroatoms. The van der Waals surface area contributed by atoms with Crippen molar-refractivity contribution in [2.75, 3.05) is 39.9 Å². The number of esters is 1. The van der Waals surface area contributed by atoms with Crippen LogP contribution in [0.3, 0.4) is 0 Å². The first-order chi connectivity index (χ1) is 16.4. The summed E-state index contributed by atoms with van der Waals surface area (Å²) in [5.41, 5.74) is 1.27. The van der Waals surface area contributed by atoms with Gasteiger partial charge in [0, 0.05) is 33.3 Å². The number of nitrogens with zero attached hydrogens (tertiary/aromatic N) is 2. The zero-order valence-corrected chi connectivity index (χ0v) is 19.7. The maximum atomic E-state index is 13.1. The molecule has 0 bridgehead atoms. The predicted molar refractivity (Wildman–Crippen MR) is 127 cm³/mol. The number of methoxy groups -OCH3 is 1. The van der Waals surface area contributed by atoms with E-state index in [9.17, 15) is 18.0 Å². The monoisotopic (exact) mass is 482 g/mol. The highest BCUT2D eigenvalue weighted by molar-refractivity contribution is 7.89. The molecule has 0 aliphatic carbocycles. The van der Waals surface area contributed by atoms with E-state index in [1.54, 1.807) is 49.6 Å². The van der Waals surface area contributed by atoms with Gasteiger partial charge in [0.15, 0.2) is 6.61 Å². The largest absolute Gasteiger partial charge is 0.452 e. The molecule has 3 aromatic carbocycles. The van der Waals surface area contributed by atoms with Crippen LogP contribution in [-0.4, -0.2) is 69.4 Å². The summed E-state index contributed by atoms with van der Waals surface area (Å²) in [6.07, 6.45) is 0. The topological polar surface area (TPSA) is 93.2 Å². The van der Waals surface area contributed by atoms with Gasteiger partial charge < -0.3 is 14.4 Å². The summed E-state index contributed by atoms with van der Waals surface area (Å²) >= 11 is 0. The molecular formula is C25H26N2O6S. The van der Waals surface area contributed by atoms with E-state index in [0.29, 0.717) is 12.2 Å². The van der Waals surface area contributed by atoms with Gasteiger partial charge in [0.25, 0.3) is 5.91 Å². The van der Waals surface area contributed by atoms with E-state index in [1.165, 1.54) is 9.21 Å². The minimum atomic E-state index is -3.67. The van der Waals surface area contributed by atoms with Gasteiger partial charge in [0.05, 0.1) is 17.1 Å². The lowest BCUT2D eigenvalue weighted by Crippen LogP contribution is -2.51. The lowest BCUT2D eigenvalue weighted by molar-refractivity contribution is -0.135. The summed E-state index contributed by atoms with van der Waals surface area (Å²) in [4.78, 5) is 26.5. The number of rotatable bonds is 7. The summed E-state index contributed by atoms with van der Waals surface area (Å²) < 4.78 is 37.8. The predicted octanol–water partition coefficient (Wildman–Crippen LogP) is 2.68. The number of carbonyl (C=O) groups excluding carboxylic acids is 2. The highest BCUT2D eigenvalue weighted by Gasteiger charge is 2.30. The Bertz CT molecular complexity index is 1280. The van der Waals surface area contributed by atoms with Crippen LogP contribution in [0.25, 0.3) is 10.8 Å². The van der Waals surface area contributed by atoms with Crippen LogP contribution in [0.5, 0.6) is 0 Å². The van der Waals surface area contributed by atoms with E-state index in [0.717, 1.165) is 16.3 Å². The number of piperazine rings is 1. The van der Waals surface area contributed by atoms with Crippen molar-refractivity contribution in [3.8, 4) is 0 Å². The summed E-state index contributed by atoms with van der Waals surface area (Å²) in [5.74, 6) is -0.943. The van der Waals surface area contributed by atoms with Crippen LogP contribution >= 0.6 is 0 Å². The van der Waals surface area contributed by atoms with Crippen molar-refractivity contribution in [2.45, 2.75) is 11.5 Å². The Balaban J connectivity index is 1.31. The number of carbonyl (C=O) groups is 2. The Morgan fingerprint density at radius 2 is 1.56 bits per heavy atom. The maximum Gasteiger partial charge on any atom is 0.338 e. The van der Waals surface area contributed by atoms with E-state index < -0.39 is 22.6 Å². The molecule has 0 N–H and O–H groups in total. The number of benzene rings is 3. The van der Waals surface area contributed by atoms with Gasteiger partial charge in [0.2, 0.25) is 10.0 Å². The number of fused-ring (bicyclic) bond motifs is 1. The second kappa shape index (κ2) is 10.3. The van der Waals surface area contributed by atoms with Crippen LogP contribution in [0, 0.1) is 0 Å².